The molecule has 0 radical (unpaired) electrons. The molecule has 112 valence electrons. The lowest BCUT2D eigenvalue weighted by atomic mass is 9.85. The minimum absolute atomic E-state index is 0.0357. The van der Waals surface area contributed by atoms with Crippen LogP contribution >= 0.6 is 0 Å². The molecule has 1 amide bonds. The molecule has 1 fully saturated rings. The fourth-order valence-electron chi connectivity index (χ4n) is 3.07. The summed E-state index contributed by atoms with van der Waals surface area (Å²) in [6.07, 6.45) is 7.55. The first kappa shape index (κ1) is 15.6. The standard InChI is InChI=1S/C18H24N2O/c1-15-9-5-6-10-16(15)13-17(21)20-18(14-19)11-7-3-2-4-8-12-18/h5-6,9-10H,2-4,7-8,11-13H2,1H3,(H,20,21). The van der Waals surface area contributed by atoms with E-state index in [1.807, 2.05) is 31.2 Å². The highest BCUT2D eigenvalue weighted by molar-refractivity contribution is 5.80. The Labute approximate surface area is 127 Å². The Hall–Kier alpha value is -1.82. The van der Waals surface area contributed by atoms with Crippen LogP contribution in [0.5, 0.6) is 0 Å². The molecule has 0 aliphatic heterocycles. The molecular formula is C18H24N2O. The van der Waals surface area contributed by atoms with E-state index >= 15 is 0 Å². The maximum atomic E-state index is 12.3. The predicted molar refractivity (Wildman–Crippen MR) is 83.7 cm³/mol. The van der Waals surface area contributed by atoms with Gasteiger partial charge in [0.2, 0.25) is 5.91 Å². The van der Waals surface area contributed by atoms with E-state index in [0.717, 1.165) is 49.7 Å². The minimum Gasteiger partial charge on any atom is -0.338 e. The van der Waals surface area contributed by atoms with E-state index in [1.54, 1.807) is 0 Å². The van der Waals surface area contributed by atoms with Gasteiger partial charge in [0.25, 0.3) is 0 Å². The molecule has 0 atom stereocenters. The van der Waals surface area contributed by atoms with Crippen molar-refractivity contribution in [3.63, 3.8) is 0 Å². The number of hydrogen-bond donors (Lipinski definition) is 1. The normalized spacial score (nSPS) is 18.1. The van der Waals surface area contributed by atoms with Crippen molar-refractivity contribution in [3.8, 4) is 6.07 Å². The average Bonchev–Trinajstić information content (AvgIpc) is 2.45. The summed E-state index contributed by atoms with van der Waals surface area (Å²) in [4.78, 5) is 12.3. The summed E-state index contributed by atoms with van der Waals surface area (Å²) in [7, 11) is 0. The number of benzene rings is 1. The van der Waals surface area contributed by atoms with E-state index in [1.165, 1.54) is 6.42 Å². The summed E-state index contributed by atoms with van der Waals surface area (Å²) in [5.74, 6) is -0.0357. The van der Waals surface area contributed by atoms with Crippen LogP contribution in [0, 0.1) is 18.3 Å². The molecule has 0 heterocycles. The van der Waals surface area contributed by atoms with E-state index in [-0.39, 0.29) is 5.91 Å². The van der Waals surface area contributed by atoms with Crippen LogP contribution in [0.15, 0.2) is 24.3 Å². The van der Waals surface area contributed by atoms with Crippen LogP contribution in [0.4, 0.5) is 0 Å². The van der Waals surface area contributed by atoms with Gasteiger partial charge in [-0.25, -0.2) is 0 Å². The zero-order valence-electron chi connectivity index (χ0n) is 12.8. The highest BCUT2D eigenvalue weighted by Gasteiger charge is 2.31. The molecule has 1 aliphatic carbocycles. The number of carbonyl (C=O) groups is 1. The highest BCUT2D eigenvalue weighted by atomic mass is 16.1. The molecule has 0 aromatic heterocycles. The van der Waals surface area contributed by atoms with Crippen molar-refractivity contribution < 1.29 is 4.79 Å². The van der Waals surface area contributed by atoms with Crippen LogP contribution in [0.2, 0.25) is 0 Å². The average molecular weight is 284 g/mol. The topological polar surface area (TPSA) is 52.9 Å². The lowest BCUT2D eigenvalue weighted by Gasteiger charge is -2.29. The predicted octanol–water partition coefficient (Wildman–Crippen LogP) is 3.66. The van der Waals surface area contributed by atoms with Crippen molar-refractivity contribution in [2.24, 2.45) is 0 Å². The van der Waals surface area contributed by atoms with Crippen molar-refractivity contribution in [3.05, 3.63) is 35.4 Å². The van der Waals surface area contributed by atoms with Crippen molar-refractivity contribution >= 4 is 5.91 Å². The lowest BCUT2D eigenvalue weighted by molar-refractivity contribution is -0.122. The summed E-state index contributed by atoms with van der Waals surface area (Å²) in [6.45, 7) is 2.01. The molecular weight excluding hydrogens is 260 g/mol. The van der Waals surface area contributed by atoms with Crippen LogP contribution in [0.3, 0.4) is 0 Å². The molecule has 0 unspecified atom stereocenters. The Morgan fingerprint density at radius 3 is 2.43 bits per heavy atom. The molecule has 1 aromatic carbocycles. The van der Waals surface area contributed by atoms with Crippen LogP contribution in [-0.4, -0.2) is 11.4 Å². The number of nitrogens with zero attached hydrogens (tertiary/aromatic N) is 1. The Bertz CT molecular complexity index is 522. The minimum atomic E-state index is -0.653. The monoisotopic (exact) mass is 284 g/mol. The van der Waals surface area contributed by atoms with E-state index in [4.69, 9.17) is 0 Å². The molecule has 2 rings (SSSR count). The second-order valence-electron chi connectivity index (χ2n) is 6.11. The van der Waals surface area contributed by atoms with Gasteiger partial charge in [-0.1, -0.05) is 56.4 Å². The van der Waals surface area contributed by atoms with Crippen LogP contribution in [0.1, 0.15) is 56.1 Å². The highest BCUT2D eigenvalue weighted by Crippen LogP contribution is 2.26. The SMILES string of the molecule is Cc1ccccc1CC(=O)NC1(C#N)CCCCCCC1. The van der Waals surface area contributed by atoms with Gasteiger partial charge in [0, 0.05) is 0 Å². The summed E-state index contributed by atoms with van der Waals surface area (Å²) in [5.41, 5.74) is 1.51. The quantitative estimate of drug-likeness (QED) is 0.921. The first-order valence-electron chi connectivity index (χ1n) is 7.92. The van der Waals surface area contributed by atoms with Crippen LogP contribution < -0.4 is 5.32 Å². The van der Waals surface area contributed by atoms with Gasteiger partial charge in [-0.05, 0) is 30.9 Å². The summed E-state index contributed by atoms with van der Waals surface area (Å²) in [5, 5.41) is 12.6. The number of hydrogen-bond acceptors (Lipinski definition) is 2. The van der Waals surface area contributed by atoms with Crippen molar-refractivity contribution in [2.45, 2.75) is 63.8 Å². The van der Waals surface area contributed by atoms with E-state index in [2.05, 4.69) is 11.4 Å². The molecule has 21 heavy (non-hydrogen) atoms. The molecule has 0 bridgehead atoms. The summed E-state index contributed by atoms with van der Waals surface area (Å²) in [6, 6.07) is 10.3. The first-order chi connectivity index (χ1) is 10.2. The van der Waals surface area contributed by atoms with Gasteiger partial charge >= 0.3 is 0 Å². The fraction of sp³-hybridized carbons (Fsp3) is 0.556. The van der Waals surface area contributed by atoms with Gasteiger partial charge in [0.15, 0.2) is 0 Å². The molecule has 1 N–H and O–H groups in total. The van der Waals surface area contributed by atoms with Gasteiger partial charge < -0.3 is 5.32 Å². The molecule has 3 heteroatoms. The second kappa shape index (κ2) is 7.26. The van der Waals surface area contributed by atoms with Gasteiger partial charge in [-0.2, -0.15) is 5.26 Å². The molecule has 1 aliphatic rings. The van der Waals surface area contributed by atoms with Crippen molar-refractivity contribution in [1.29, 1.82) is 5.26 Å². The van der Waals surface area contributed by atoms with Gasteiger partial charge in [0.1, 0.15) is 5.54 Å². The number of carbonyl (C=O) groups excluding carboxylic acids is 1. The van der Waals surface area contributed by atoms with Crippen LogP contribution in [-0.2, 0) is 11.2 Å². The Morgan fingerprint density at radius 1 is 1.19 bits per heavy atom. The van der Waals surface area contributed by atoms with Gasteiger partial charge in [-0.3, -0.25) is 4.79 Å². The third-order valence-corrected chi connectivity index (χ3v) is 4.41. The third kappa shape index (κ3) is 4.32. The Balaban J connectivity index is 2.02. The maximum absolute atomic E-state index is 12.3. The number of nitriles is 1. The van der Waals surface area contributed by atoms with E-state index in [9.17, 15) is 10.1 Å². The second-order valence-corrected chi connectivity index (χ2v) is 6.11. The summed E-state index contributed by atoms with van der Waals surface area (Å²) >= 11 is 0. The van der Waals surface area contributed by atoms with Gasteiger partial charge in [-0.15, -0.1) is 0 Å². The maximum Gasteiger partial charge on any atom is 0.225 e. The number of nitrogens with one attached hydrogen (secondary N) is 1. The van der Waals surface area contributed by atoms with Crippen LogP contribution in [0.25, 0.3) is 0 Å². The number of aryl methyl sites for hydroxylation is 1. The van der Waals surface area contributed by atoms with Gasteiger partial charge in [0.05, 0.1) is 12.5 Å². The lowest BCUT2D eigenvalue weighted by Crippen LogP contribution is -2.48. The molecule has 0 spiro atoms. The number of amides is 1. The fourth-order valence-corrected chi connectivity index (χ4v) is 3.07. The Kier molecular flexibility index (Phi) is 5.38. The Morgan fingerprint density at radius 2 is 1.81 bits per heavy atom. The number of rotatable bonds is 3. The molecule has 1 saturated carbocycles. The molecule has 3 nitrogen and oxygen atoms in total. The van der Waals surface area contributed by atoms with E-state index in [0.29, 0.717) is 6.42 Å². The van der Waals surface area contributed by atoms with Crippen molar-refractivity contribution in [1.82, 2.24) is 5.32 Å². The zero-order chi connectivity index (χ0) is 15.1. The smallest absolute Gasteiger partial charge is 0.225 e. The summed E-state index contributed by atoms with van der Waals surface area (Å²) < 4.78 is 0. The third-order valence-electron chi connectivity index (χ3n) is 4.41. The van der Waals surface area contributed by atoms with Crippen molar-refractivity contribution in [2.75, 3.05) is 0 Å². The molecule has 1 aromatic rings. The largest absolute Gasteiger partial charge is 0.338 e. The zero-order valence-corrected chi connectivity index (χ0v) is 12.8. The first-order valence-corrected chi connectivity index (χ1v) is 7.92. The molecule has 0 saturated heterocycles. The van der Waals surface area contributed by atoms with E-state index < -0.39 is 5.54 Å².